The normalized spacial score (nSPS) is 17.7. The van der Waals surface area contributed by atoms with Gasteiger partial charge in [0.25, 0.3) is 5.91 Å². The van der Waals surface area contributed by atoms with Crippen LogP contribution in [-0.4, -0.2) is 37.5 Å². The third kappa shape index (κ3) is 7.10. The van der Waals surface area contributed by atoms with Crippen molar-refractivity contribution < 1.29 is 9.59 Å². The monoisotopic (exact) mass is 409 g/mol. The molecule has 158 valence electrons. The first-order valence-electron chi connectivity index (χ1n) is 10.1. The Morgan fingerprint density at radius 3 is 2.32 bits per heavy atom. The molecule has 1 aliphatic heterocycles. The zero-order valence-corrected chi connectivity index (χ0v) is 18.6. The molecule has 0 aliphatic carbocycles. The van der Waals surface area contributed by atoms with E-state index < -0.39 is 6.04 Å². The van der Waals surface area contributed by atoms with Crippen LogP contribution in [0.15, 0.2) is 24.3 Å². The second kappa shape index (κ2) is 10.8. The number of halogens is 1. The molecule has 2 unspecified atom stereocenters. The Hall–Kier alpha value is -1.59. The van der Waals surface area contributed by atoms with Crippen LogP contribution in [0, 0.1) is 11.8 Å². The predicted octanol–water partition coefficient (Wildman–Crippen LogP) is 3.28. The zero-order valence-electron chi connectivity index (χ0n) is 17.8. The second-order valence-corrected chi connectivity index (χ2v) is 8.96. The summed E-state index contributed by atoms with van der Waals surface area (Å²) in [4.78, 5) is 25.2. The summed E-state index contributed by atoms with van der Waals surface area (Å²) in [5.74, 6) is 0.356. The van der Waals surface area contributed by atoms with E-state index in [0.717, 1.165) is 19.5 Å². The van der Waals surface area contributed by atoms with Gasteiger partial charge in [-0.25, -0.2) is 0 Å². The molecular weight excluding hydrogens is 374 g/mol. The Bertz CT molecular complexity index is 632. The van der Waals surface area contributed by atoms with Crippen molar-refractivity contribution in [1.82, 2.24) is 16.0 Å². The minimum absolute atomic E-state index is 0. The van der Waals surface area contributed by atoms with Gasteiger partial charge in [0.1, 0.15) is 6.04 Å². The molecule has 3 N–H and O–H groups in total. The van der Waals surface area contributed by atoms with Gasteiger partial charge in [-0.2, -0.15) is 0 Å². The Kier molecular flexibility index (Phi) is 9.45. The van der Waals surface area contributed by atoms with Gasteiger partial charge in [0, 0.05) is 12.1 Å². The average Bonchev–Trinajstić information content (AvgIpc) is 3.11. The average molecular weight is 410 g/mol. The number of rotatable bonds is 7. The highest BCUT2D eigenvalue weighted by Crippen LogP contribution is 2.22. The highest BCUT2D eigenvalue weighted by molar-refractivity contribution is 5.97. The Balaban J connectivity index is 0.00000392. The van der Waals surface area contributed by atoms with Crippen LogP contribution >= 0.6 is 12.4 Å². The third-order valence-electron chi connectivity index (χ3n) is 5.26. The molecular formula is C22H36ClN3O2. The van der Waals surface area contributed by atoms with E-state index in [2.05, 4.69) is 36.7 Å². The molecule has 6 heteroatoms. The highest BCUT2D eigenvalue weighted by Gasteiger charge is 2.25. The number of hydrogen-bond donors (Lipinski definition) is 3. The molecule has 1 heterocycles. The molecule has 1 aromatic carbocycles. The van der Waals surface area contributed by atoms with Gasteiger partial charge in [-0.1, -0.05) is 46.8 Å². The van der Waals surface area contributed by atoms with Gasteiger partial charge in [-0.3, -0.25) is 9.59 Å². The maximum absolute atomic E-state index is 12.6. The summed E-state index contributed by atoms with van der Waals surface area (Å²) in [5, 5.41) is 9.24. The van der Waals surface area contributed by atoms with Crippen molar-refractivity contribution in [3.8, 4) is 0 Å². The summed E-state index contributed by atoms with van der Waals surface area (Å²) in [6.45, 7) is 13.1. The standard InChI is InChI=1S/C22H35N3O2.ClH/c1-15(2)19(21(27)24-13-11-16-10-12-23-14-16)25-20(26)17-6-8-18(9-7-17)22(3,4)5;/h6-9,15-16,19,23H,10-14H2,1-5H3,(H,24,27)(H,25,26);1H. The van der Waals surface area contributed by atoms with Crippen LogP contribution in [0.3, 0.4) is 0 Å². The van der Waals surface area contributed by atoms with Crippen molar-refractivity contribution >= 4 is 24.2 Å². The molecule has 2 amide bonds. The Morgan fingerprint density at radius 1 is 1.18 bits per heavy atom. The van der Waals surface area contributed by atoms with E-state index in [1.165, 1.54) is 12.0 Å². The van der Waals surface area contributed by atoms with Gasteiger partial charge in [-0.05, 0) is 60.9 Å². The fourth-order valence-electron chi connectivity index (χ4n) is 3.35. The second-order valence-electron chi connectivity index (χ2n) is 8.96. The topological polar surface area (TPSA) is 70.2 Å². The van der Waals surface area contributed by atoms with Gasteiger partial charge in [-0.15, -0.1) is 12.4 Å². The van der Waals surface area contributed by atoms with Gasteiger partial charge in [0.05, 0.1) is 0 Å². The van der Waals surface area contributed by atoms with Crippen molar-refractivity contribution in [3.63, 3.8) is 0 Å². The molecule has 1 saturated heterocycles. The van der Waals surface area contributed by atoms with E-state index in [-0.39, 0.29) is 35.6 Å². The number of benzene rings is 1. The molecule has 0 bridgehead atoms. The molecule has 0 aromatic heterocycles. The van der Waals surface area contributed by atoms with Gasteiger partial charge in [0.15, 0.2) is 0 Å². The number of hydrogen-bond acceptors (Lipinski definition) is 3. The zero-order chi connectivity index (χ0) is 20.0. The number of amides is 2. The lowest BCUT2D eigenvalue weighted by Crippen LogP contribution is -2.50. The van der Waals surface area contributed by atoms with Crippen LogP contribution < -0.4 is 16.0 Å². The first kappa shape index (κ1) is 24.4. The number of nitrogens with one attached hydrogen (secondary N) is 3. The predicted molar refractivity (Wildman–Crippen MR) is 117 cm³/mol. The Morgan fingerprint density at radius 2 is 1.82 bits per heavy atom. The lowest BCUT2D eigenvalue weighted by molar-refractivity contribution is -0.123. The maximum Gasteiger partial charge on any atom is 0.251 e. The fourth-order valence-corrected chi connectivity index (χ4v) is 3.35. The number of carbonyl (C=O) groups excluding carboxylic acids is 2. The highest BCUT2D eigenvalue weighted by atomic mass is 35.5. The van der Waals surface area contributed by atoms with Crippen LogP contribution in [0.1, 0.15) is 63.4 Å². The first-order chi connectivity index (χ1) is 12.7. The van der Waals surface area contributed by atoms with E-state index in [1.807, 2.05) is 38.1 Å². The Labute approximate surface area is 175 Å². The van der Waals surface area contributed by atoms with Gasteiger partial charge >= 0.3 is 0 Å². The summed E-state index contributed by atoms with van der Waals surface area (Å²) < 4.78 is 0. The van der Waals surface area contributed by atoms with Crippen molar-refractivity contribution in [2.24, 2.45) is 11.8 Å². The maximum atomic E-state index is 12.6. The van der Waals surface area contributed by atoms with Crippen molar-refractivity contribution in [3.05, 3.63) is 35.4 Å². The minimum Gasteiger partial charge on any atom is -0.354 e. The van der Waals surface area contributed by atoms with Crippen molar-refractivity contribution in [2.75, 3.05) is 19.6 Å². The van der Waals surface area contributed by atoms with Crippen LogP contribution in [0.5, 0.6) is 0 Å². The smallest absolute Gasteiger partial charge is 0.251 e. The molecule has 0 radical (unpaired) electrons. The minimum atomic E-state index is -0.526. The molecule has 1 fully saturated rings. The lowest BCUT2D eigenvalue weighted by atomic mass is 9.86. The third-order valence-corrected chi connectivity index (χ3v) is 5.26. The SMILES string of the molecule is CC(C)C(NC(=O)c1ccc(C(C)(C)C)cc1)C(=O)NCCC1CCNC1.Cl. The summed E-state index contributed by atoms with van der Waals surface area (Å²) in [6.07, 6.45) is 2.15. The van der Waals surface area contributed by atoms with E-state index in [9.17, 15) is 9.59 Å². The lowest BCUT2D eigenvalue weighted by Gasteiger charge is -2.23. The van der Waals surface area contributed by atoms with E-state index in [4.69, 9.17) is 0 Å². The van der Waals surface area contributed by atoms with Crippen LogP contribution in [0.25, 0.3) is 0 Å². The van der Waals surface area contributed by atoms with E-state index >= 15 is 0 Å². The molecule has 2 rings (SSSR count). The van der Waals surface area contributed by atoms with Crippen LogP contribution in [-0.2, 0) is 10.2 Å². The van der Waals surface area contributed by atoms with Gasteiger partial charge in [0.2, 0.25) is 5.91 Å². The number of carbonyl (C=O) groups is 2. The molecule has 1 aromatic rings. The van der Waals surface area contributed by atoms with E-state index in [0.29, 0.717) is 18.0 Å². The summed E-state index contributed by atoms with van der Waals surface area (Å²) in [5.41, 5.74) is 1.81. The molecule has 2 atom stereocenters. The van der Waals surface area contributed by atoms with E-state index in [1.54, 1.807) is 0 Å². The molecule has 28 heavy (non-hydrogen) atoms. The quantitative estimate of drug-likeness (QED) is 0.647. The van der Waals surface area contributed by atoms with Crippen molar-refractivity contribution in [2.45, 2.75) is 58.9 Å². The van der Waals surface area contributed by atoms with Gasteiger partial charge < -0.3 is 16.0 Å². The summed E-state index contributed by atoms with van der Waals surface area (Å²) in [6, 6.07) is 7.10. The molecule has 0 spiro atoms. The summed E-state index contributed by atoms with van der Waals surface area (Å²) in [7, 11) is 0. The molecule has 1 aliphatic rings. The molecule has 0 saturated carbocycles. The fraction of sp³-hybridized carbons (Fsp3) is 0.636. The van der Waals surface area contributed by atoms with Crippen LogP contribution in [0.4, 0.5) is 0 Å². The largest absolute Gasteiger partial charge is 0.354 e. The summed E-state index contributed by atoms with van der Waals surface area (Å²) >= 11 is 0. The van der Waals surface area contributed by atoms with Crippen molar-refractivity contribution in [1.29, 1.82) is 0 Å². The van der Waals surface area contributed by atoms with Crippen LogP contribution in [0.2, 0.25) is 0 Å². The first-order valence-corrected chi connectivity index (χ1v) is 10.1. The molecule has 5 nitrogen and oxygen atoms in total.